The number of carbonyl (C=O) groups excluding carboxylic acids is 1. The number of nitrogens with zero attached hydrogens (tertiary/aromatic N) is 3. The van der Waals surface area contributed by atoms with Crippen LogP contribution in [0, 0.1) is 5.92 Å². The van der Waals surface area contributed by atoms with Gasteiger partial charge in [-0.25, -0.2) is 0 Å². The summed E-state index contributed by atoms with van der Waals surface area (Å²) in [4.78, 5) is 14.8. The number of rotatable bonds is 9. The summed E-state index contributed by atoms with van der Waals surface area (Å²) in [5.41, 5.74) is 2.20. The number of hydrogen-bond donors (Lipinski definition) is 1. The molecule has 0 aliphatic carbocycles. The van der Waals surface area contributed by atoms with E-state index in [-0.39, 0.29) is 5.91 Å². The Balaban J connectivity index is 1.42. The van der Waals surface area contributed by atoms with Crippen LogP contribution >= 0.6 is 0 Å². The van der Waals surface area contributed by atoms with E-state index in [9.17, 15) is 4.79 Å². The molecule has 0 unspecified atom stereocenters. The number of likely N-dealkylation sites (tertiary alicyclic amines) is 1. The molecule has 0 bridgehead atoms. The van der Waals surface area contributed by atoms with Crippen LogP contribution in [0.25, 0.3) is 0 Å². The van der Waals surface area contributed by atoms with Crippen molar-refractivity contribution >= 4 is 5.91 Å². The first-order valence-corrected chi connectivity index (χ1v) is 10.2. The molecule has 1 atom stereocenters. The Morgan fingerprint density at radius 3 is 2.90 bits per heavy atom. The highest BCUT2D eigenvalue weighted by Gasteiger charge is 2.21. The van der Waals surface area contributed by atoms with E-state index in [2.05, 4.69) is 21.5 Å². The van der Waals surface area contributed by atoms with Crippen LogP contribution in [0.4, 0.5) is 0 Å². The summed E-state index contributed by atoms with van der Waals surface area (Å²) >= 11 is 0. The van der Waals surface area contributed by atoms with Crippen LogP contribution in [0.3, 0.4) is 0 Å². The fourth-order valence-corrected chi connectivity index (χ4v) is 3.96. The lowest BCUT2D eigenvalue weighted by Gasteiger charge is -2.32. The molecular formula is C22H32N4O3. The van der Waals surface area contributed by atoms with Crippen LogP contribution < -0.4 is 14.8 Å². The minimum absolute atomic E-state index is 0.0900. The molecule has 1 aliphatic heterocycles. The molecule has 7 heteroatoms. The van der Waals surface area contributed by atoms with Crippen LogP contribution in [0.15, 0.2) is 30.6 Å². The minimum atomic E-state index is 0.0900. The topological polar surface area (TPSA) is 68.6 Å². The lowest BCUT2D eigenvalue weighted by molar-refractivity contribution is -0.121. The van der Waals surface area contributed by atoms with Crippen LogP contribution in [0.5, 0.6) is 11.5 Å². The molecule has 7 nitrogen and oxygen atoms in total. The Hall–Kier alpha value is -2.54. The summed E-state index contributed by atoms with van der Waals surface area (Å²) in [6.07, 6.45) is 7.88. The maximum atomic E-state index is 12.4. The largest absolute Gasteiger partial charge is 0.497 e. The Morgan fingerprint density at radius 1 is 1.31 bits per heavy atom. The number of benzene rings is 1. The smallest absolute Gasteiger partial charge is 0.220 e. The van der Waals surface area contributed by atoms with Gasteiger partial charge in [-0.3, -0.25) is 14.4 Å². The predicted molar refractivity (Wildman–Crippen MR) is 112 cm³/mol. The van der Waals surface area contributed by atoms with Crippen molar-refractivity contribution in [2.45, 2.75) is 38.8 Å². The Labute approximate surface area is 173 Å². The SMILES string of the molecule is COc1ccc(CNC(=O)CC[C@@H]2CCCN(Cc3cnn(C)c3)C2)c(OC)c1. The fourth-order valence-electron chi connectivity index (χ4n) is 3.96. The molecule has 158 valence electrons. The summed E-state index contributed by atoms with van der Waals surface area (Å²) in [6.45, 7) is 3.57. The molecule has 1 aromatic carbocycles. The third kappa shape index (κ3) is 6.22. The Morgan fingerprint density at radius 2 is 2.17 bits per heavy atom. The molecule has 1 saturated heterocycles. The highest BCUT2D eigenvalue weighted by Crippen LogP contribution is 2.25. The van der Waals surface area contributed by atoms with Crippen LogP contribution in [-0.4, -0.2) is 47.9 Å². The van der Waals surface area contributed by atoms with Crippen LogP contribution in [0.1, 0.15) is 36.8 Å². The van der Waals surface area contributed by atoms with E-state index in [4.69, 9.17) is 9.47 Å². The number of hydrogen-bond acceptors (Lipinski definition) is 5. The third-order valence-electron chi connectivity index (χ3n) is 5.52. The summed E-state index contributed by atoms with van der Waals surface area (Å²) in [6, 6.07) is 5.64. The second-order valence-corrected chi connectivity index (χ2v) is 7.76. The van der Waals surface area contributed by atoms with E-state index < -0.39 is 0 Å². The van der Waals surface area contributed by atoms with Gasteiger partial charge in [0.15, 0.2) is 0 Å². The summed E-state index contributed by atoms with van der Waals surface area (Å²) in [5, 5.41) is 7.27. The molecule has 0 spiro atoms. The summed E-state index contributed by atoms with van der Waals surface area (Å²) in [5.74, 6) is 2.13. The van der Waals surface area contributed by atoms with Crippen molar-refractivity contribution in [1.29, 1.82) is 0 Å². The van der Waals surface area contributed by atoms with Gasteiger partial charge in [-0.2, -0.15) is 5.10 Å². The van der Waals surface area contributed by atoms with E-state index in [1.165, 1.54) is 18.4 Å². The highest BCUT2D eigenvalue weighted by atomic mass is 16.5. The monoisotopic (exact) mass is 400 g/mol. The van der Waals surface area contributed by atoms with Crippen molar-refractivity contribution in [3.8, 4) is 11.5 Å². The van der Waals surface area contributed by atoms with Gasteiger partial charge in [0, 0.05) is 56.5 Å². The number of amides is 1. The molecule has 2 aromatic rings. The second-order valence-electron chi connectivity index (χ2n) is 7.76. The molecule has 3 rings (SSSR count). The summed E-state index contributed by atoms with van der Waals surface area (Å²) in [7, 11) is 5.20. The molecule has 1 fully saturated rings. The summed E-state index contributed by atoms with van der Waals surface area (Å²) < 4.78 is 12.5. The number of aromatic nitrogens is 2. The van der Waals surface area contributed by atoms with Gasteiger partial charge in [-0.05, 0) is 43.9 Å². The second kappa shape index (κ2) is 10.3. The van der Waals surface area contributed by atoms with E-state index >= 15 is 0 Å². The Bertz CT molecular complexity index is 805. The minimum Gasteiger partial charge on any atom is -0.497 e. The third-order valence-corrected chi connectivity index (χ3v) is 5.52. The molecule has 0 saturated carbocycles. The van der Waals surface area contributed by atoms with Gasteiger partial charge in [-0.15, -0.1) is 0 Å². The normalized spacial score (nSPS) is 17.1. The molecule has 1 aliphatic rings. The number of methoxy groups -OCH3 is 2. The number of ether oxygens (including phenoxy) is 2. The first-order chi connectivity index (χ1) is 14.1. The van der Waals surface area contributed by atoms with E-state index in [1.807, 2.05) is 36.1 Å². The highest BCUT2D eigenvalue weighted by molar-refractivity contribution is 5.75. The average Bonchev–Trinajstić information content (AvgIpc) is 3.15. The number of carbonyl (C=O) groups is 1. The van der Waals surface area contributed by atoms with Crippen molar-refractivity contribution in [3.05, 3.63) is 41.7 Å². The Kier molecular flexibility index (Phi) is 7.52. The van der Waals surface area contributed by atoms with Crippen molar-refractivity contribution < 1.29 is 14.3 Å². The lowest BCUT2D eigenvalue weighted by Crippen LogP contribution is -2.35. The van der Waals surface area contributed by atoms with Crippen molar-refractivity contribution in [2.75, 3.05) is 27.3 Å². The zero-order valence-electron chi connectivity index (χ0n) is 17.7. The van der Waals surface area contributed by atoms with Gasteiger partial charge >= 0.3 is 0 Å². The first kappa shape index (κ1) is 21.2. The predicted octanol–water partition coefficient (Wildman–Crippen LogP) is 2.75. The molecule has 1 aromatic heterocycles. The number of aryl methyl sites for hydroxylation is 1. The van der Waals surface area contributed by atoms with Crippen LogP contribution in [-0.2, 0) is 24.9 Å². The average molecular weight is 401 g/mol. The molecular weight excluding hydrogens is 368 g/mol. The molecule has 1 amide bonds. The van der Waals surface area contributed by atoms with Crippen molar-refractivity contribution in [2.24, 2.45) is 13.0 Å². The zero-order chi connectivity index (χ0) is 20.6. The van der Waals surface area contributed by atoms with Gasteiger partial charge in [0.2, 0.25) is 5.91 Å². The first-order valence-electron chi connectivity index (χ1n) is 10.2. The van der Waals surface area contributed by atoms with Gasteiger partial charge in [-0.1, -0.05) is 0 Å². The fraction of sp³-hybridized carbons (Fsp3) is 0.545. The maximum Gasteiger partial charge on any atom is 0.220 e. The molecule has 1 N–H and O–H groups in total. The number of nitrogens with one attached hydrogen (secondary N) is 1. The van der Waals surface area contributed by atoms with Gasteiger partial charge in [0.1, 0.15) is 11.5 Å². The zero-order valence-corrected chi connectivity index (χ0v) is 17.7. The van der Waals surface area contributed by atoms with Gasteiger partial charge < -0.3 is 14.8 Å². The van der Waals surface area contributed by atoms with E-state index in [0.717, 1.165) is 43.1 Å². The maximum absolute atomic E-state index is 12.4. The number of piperidine rings is 1. The quantitative estimate of drug-likeness (QED) is 0.701. The molecule has 2 heterocycles. The van der Waals surface area contributed by atoms with Gasteiger partial charge in [0.25, 0.3) is 0 Å². The van der Waals surface area contributed by atoms with E-state index in [1.54, 1.807) is 14.2 Å². The van der Waals surface area contributed by atoms with Crippen LogP contribution in [0.2, 0.25) is 0 Å². The van der Waals surface area contributed by atoms with Crippen molar-refractivity contribution in [1.82, 2.24) is 20.0 Å². The molecule has 0 radical (unpaired) electrons. The van der Waals surface area contributed by atoms with Gasteiger partial charge in [0.05, 0.1) is 20.4 Å². The molecule has 29 heavy (non-hydrogen) atoms. The lowest BCUT2D eigenvalue weighted by atomic mass is 9.93. The standard InChI is InChI=1S/C22H32N4O3/c1-25-14-18(12-24-25)16-26-10-4-5-17(15-26)6-9-22(27)23-13-19-7-8-20(28-2)11-21(19)29-3/h7-8,11-12,14,17H,4-6,9-10,13,15-16H2,1-3H3,(H,23,27)/t17-/m0/s1. The van der Waals surface area contributed by atoms with Crippen molar-refractivity contribution in [3.63, 3.8) is 0 Å². The van der Waals surface area contributed by atoms with E-state index in [0.29, 0.717) is 18.9 Å².